The largest absolute Gasteiger partial charge is 0 e. The molecule has 0 aliphatic carbocycles. The van der Waals surface area contributed by atoms with Crippen molar-refractivity contribution in [1.29, 1.82) is 0 Å². The second kappa shape index (κ2) is 2.44. The first kappa shape index (κ1) is 11.8. The van der Waals surface area contributed by atoms with Crippen LogP contribution in [0.4, 0.5) is 0 Å². The van der Waals surface area contributed by atoms with E-state index in [2.05, 4.69) is 0 Å². The summed E-state index contributed by atoms with van der Waals surface area (Å²) in [6.45, 7) is 0. The predicted octanol–water partition coefficient (Wildman–Crippen LogP) is 10.6. The van der Waals surface area contributed by atoms with E-state index in [0.717, 1.165) is 0 Å². The van der Waals surface area contributed by atoms with Crippen molar-refractivity contribution in [3.63, 3.8) is 0 Å². The smallest absolute Gasteiger partial charge is 0 e. The summed E-state index contributed by atoms with van der Waals surface area (Å²) in [6.07, 6.45) is 0. The molecule has 0 N–H and O–H groups in total. The van der Waals surface area contributed by atoms with E-state index in [-0.39, 0.29) is 0 Å². The molecule has 0 amide bonds. The molecule has 0 aliphatic rings. The van der Waals surface area contributed by atoms with Gasteiger partial charge in [-0.05, 0) is 0 Å². The average molecular weight is 432 g/mol. The molecule has 0 aliphatic heterocycles. The van der Waals surface area contributed by atoms with Gasteiger partial charge in [-0.3, -0.25) is 0 Å². The molecule has 0 unspecified atom stereocenters. The highest BCUT2D eigenvalue weighted by Gasteiger charge is 2.48. The molecule has 0 heterocycles. The van der Waals surface area contributed by atoms with Gasteiger partial charge >= 0.3 is 0 Å². The normalized spacial score (nSPS) is 18.0. The van der Waals surface area contributed by atoms with Gasteiger partial charge in [0, 0.05) is 194 Å². The zero-order valence-corrected chi connectivity index (χ0v) is 18.0. The first-order valence-corrected chi connectivity index (χ1v) is 13.5. The number of fused-ring (bicyclic) bond motifs is 12. The molecule has 0 radical (unpaired) electrons. The topological polar surface area (TPSA) is 0 Å². The molecule has 0 nitrogen and oxygen atoms in total. The predicted molar refractivity (Wildman–Crippen MR) is 156 cm³/mol. The number of hydrogen-bond donors (Lipinski definition) is 0. The van der Waals surface area contributed by atoms with Crippen LogP contribution in [0, 0.1) is 0 Å². The van der Waals surface area contributed by atoms with Crippen LogP contribution in [-0.2, 0) is 0 Å². The van der Waals surface area contributed by atoms with Gasteiger partial charge in [0.1, 0.15) is 0 Å². The number of benzene rings is 8. The Morgan fingerprint density at radius 2 is 0.0833 bits per heavy atom. The lowest BCUT2D eigenvalue weighted by molar-refractivity contribution is 2.19. The molecule has 0 fully saturated rings. The lowest BCUT2D eigenvalue weighted by Gasteiger charge is -2.16. The summed E-state index contributed by atoms with van der Waals surface area (Å²) in [4.78, 5) is 0. The molecule has 0 atom stereocenters. The van der Waals surface area contributed by atoms with Crippen LogP contribution < -0.4 is 0 Å². The van der Waals surface area contributed by atoms with Crippen molar-refractivity contribution in [1.82, 2.24) is 0 Å². The minimum Gasteiger partial charge on any atom is 0 e. The van der Waals surface area contributed by atoms with Crippen molar-refractivity contribution in [2.75, 3.05) is 0 Å². The SMILES string of the molecule is c12c3c4c5c6c1c1c7c2c2c3c3c4c4c5c5c6c1c1c6c8c9c%10c%11c%12c8c1c5c%12c4c%11c3c%10c2c9c67. The van der Waals surface area contributed by atoms with Crippen molar-refractivity contribution in [2.24, 2.45) is 0 Å². The maximum atomic E-state index is 1.67. The van der Waals surface area contributed by atoms with E-state index in [4.69, 9.17) is 0 Å². The van der Waals surface area contributed by atoms with Gasteiger partial charge in [-0.1, -0.05) is 0 Å². The molecular weight excluding hydrogens is 432 g/mol. The highest BCUT2D eigenvalue weighted by Crippen LogP contribution is 2.78. The Morgan fingerprint density at radius 1 is 0.0556 bits per heavy atom. The Bertz CT molecular complexity index is 2780. The molecule has 18 aromatic rings. The van der Waals surface area contributed by atoms with Gasteiger partial charge in [-0.15, -0.1) is 0 Å². The van der Waals surface area contributed by atoms with Crippen molar-refractivity contribution >= 4 is 194 Å². The van der Waals surface area contributed by atoms with E-state index >= 15 is 0 Å². The molecule has 0 aromatic heterocycles. The van der Waals surface area contributed by atoms with Crippen LogP contribution in [0.25, 0.3) is 194 Å². The molecule has 36 heavy (non-hydrogen) atoms. The summed E-state index contributed by atoms with van der Waals surface area (Å²) < 4.78 is 0. The van der Waals surface area contributed by atoms with Crippen molar-refractivity contribution in [3.05, 3.63) is 0 Å². The van der Waals surface area contributed by atoms with E-state index in [1.807, 2.05) is 0 Å². The Hall–Kier alpha value is -4.68. The maximum Gasteiger partial charge on any atom is 0 e. The molecule has 0 bridgehead atoms. The molecule has 0 saturated heterocycles. The third-order valence-electron chi connectivity index (χ3n) is 13.5. The first-order valence-electron chi connectivity index (χ1n) is 13.5. The first-order chi connectivity index (χ1) is 18.0. The average Bonchev–Trinajstić information content (AvgIpc) is 3.71. The third kappa shape index (κ3) is 0.527. The summed E-state index contributed by atoms with van der Waals surface area (Å²) in [5.41, 5.74) is 0. The zero-order valence-electron chi connectivity index (χ0n) is 18.0. The zero-order chi connectivity index (χ0) is 20.8. The highest BCUT2D eigenvalue weighted by molar-refractivity contribution is 6.83. The summed E-state index contributed by atoms with van der Waals surface area (Å²) in [5.74, 6) is 0. The lowest BCUT2D eigenvalue weighted by Crippen LogP contribution is -1.86. The highest BCUT2D eigenvalue weighted by atomic mass is 14.5. The Morgan fingerprint density at radius 3 is 0.111 bits per heavy atom. The van der Waals surface area contributed by atoms with Gasteiger partial charge < -0.3 is 0 Å². The van der Waals surface area contributed by atoms with E-state index in [9.17, 15) is 0 Å². The van der Waals surface area contributed by atoms with Gasteiger partial charge in [0.15, 0.2) is 0 Å². The van der Waals surface area contributed by atoms with Crippen LogP contribution in [0.1, 0.15) is 0 Å². The molecule has 0 saturated carbocycles. The molecule has 18 aromatic carbocycles. The summed E-state index contributed by atoms with van der Waals surface area (Å²) >= 11 is 0. The van der Waals surface area contributed by atoms with Gasteiger partial charge in [0.25, 0.3) is 0 Å². The molecule has 0 heteroatoms. The van der Waals surface area contributed by atoms with Crippen LogP contribution in [-0.4, -0.2) is 0 Å². The Kier molecular flexibility index (Phi) is 0.803. The Balaban J connectivity index is 1.72. The number of hydrogen-bond acceptors (Lipinski definition) is 0. The van der Waals surface area contributed by atoms with Crippen LogP contribution in [0.3, 0.4) is 0 Å². The second-order valence-electron chi connectivity index (χ2n) is 13.5. The Labute approximate surface area is 193 Å². The quantitative estimate of drug-likeness (QED) is 0.209. The fourth-order valence-electron chi connectivity index (χ4n) is 13.5. The van der Waals surface area contributed by atoms with Gasteiger partial charge in [0.2, 0.25) is 0 Å². The van der Waals surface area contributed by atoms with E-state index < -0.39 is 0 Å². The molecule has 144 valence electrons. The monoisotopic (exact) mass is 432 g/mol. The number of rotatable bonds is 0. The van der Waals surface area contributed by atoms with Crippen molar-refractivity contribution < 1.29 is 0 Å². The van der Waals surface area contributed by atoms with Crippen LogP contribution in [0.5, 0.6) is 0 Å². The third-order valence-corrected chi connectivity index (χ3v) is 13.5. The molecule has 18 rings (SSSR count). The van der Waals surface area contributed by atoms with Crippen LogP contribution in [0.15, 0.2) is 0 Å². The second-order valence-corrected chi connectivity index (χ2v) is 13.5. The minimum atomic E-state index is 1.67. The van der Waals surface area contributed by atoms with Gasteiger partial charge in [0.05, 0.1) is 0 Å². The standard InChI is InChI=1S/C36/c1-13-14-2-25(1)27-4-18-19-5(27)31-10-22(19)24-12-35(10)33-7(29(2)31)16(14)21-9(33)34-8-17(21)15(13)3-26(1)28(4)6-20(18)23(24)11(36(12)34)32(6)30(3)8. The fraction of sp³-hybridized carbons (Fsp3) is 0. The van der Waals surface area contributed by atoms with Crippen molar-refractivity contribution in [3.8, 4) is 0 Å². The van der Waals surface area contributed by atoms with Gasteiger partial charge in [-0.2, -0.15) is 0 Å². The van der Waals surface area contributed by atoms with E-state index in [1.54, 1.807) is 194 Å². The van der Waals surface area contributed by atoms with E-state index in [1.165, 1.54) is 0 Å². The fourth-order valence-corrected chi connectivity index (χ4v) is 13.5. The van der Waals surface area contributed by atoms with Crippen molar-refractivity contribution in [2.45, 2.75) is 0 Å². The molecule has 0 spiro atoms. The summed E-state index contributed by atoms with van der Waals surface area (Å²) in [7, 11) is 0. The van der Waals surface area contributed by atoms with Crippen LogP contribution >= 0.6 is 0 Å². The summed E-state index contributed by atoms with van der Waals surface area (Å²) in [5, 5.41) is 60.0. The molecular formula is C36. The maximum absolute atomic E-state index is 1.67. The van der Waals surface area contributed by atoms with E-state index in [0.29, 0.717) is 0 Å². The van der Waals surface area contributed by atoms with Crippen LogP contribution in [0.2, 0.25) is 0 Å². The minimum absolute atomic E-state index is 1.67. The summed E-state index contributed by atoms with van der Waals surface area (Å²) in [6, 6.07) is 0. The van der Waals surface area contributed by atoms with Gasteiger partial charge in [-0.25, -0.2) is 0 Å². The lowest BCUT2D eigenvalue weighted by atomic mass is 9.85.